The maximum atomic E-state index is 6.48. The van der Waals surface area contributed by atoms with E-state index in [2.05, 4.69) is 91.5 Å². The van der Waals surface area contributed by atoms with Crippen molar-refractivity contribution in [1.82, 2.24) is 0 Å². The molecule has 0 aliphatic carbocycles. The molecule has 0 spiro atoms. The van der Waals surface area contributed by atoms with Crippen LogP contribution in [0, 0.1) is 0 Å². The van der Waals surface area contributed by atoms with Crippen molar-refractivity contribution >= 4 is 18.7 Å². The number of rotatable bonds is 5. The van der Waals surface area contributed by atoms with Crippen molar-refractivity contribution in [1.29, 1.82) is 0 Å². The normalized spacial score (nSPS) is 10.4. The van der Waals surface area contributed by atoms with Gasteiger partial charge in [0.05, 0.1) is 0 Å². The van der Waals surface area contributed by atoms with E-state index < -0.39 is 8.32 Å². The third kappa shape index (κ3) is 5.91. The summed E-state index contributed by atoms with van der Waals surface area (Å²) in [6.45, 7) is 2.94. The molecular formula is C24H24FeOSi. The maximum Gasteiger partial charge on any atom is 2.00 e. The molecule has 4 aromatic rings. The SMILES string of the molecule is C[Si](OC[c-]1cccc1)(c1ccccc1)c1ccccc1.[Fe+2].c1cc[cH-]c1. The molecule has 0 heterocycles. The number of benzene rings is 2. The molecule has 0 aromatic heterocycles. The molecule has 0 fully saturated rings. The van der Waals surface area contributed by atoms with Gasteiger partial charge in [0.1, 0.15) is 0 Å². The summed E-state index contributed by atoms with van der Waals surface area (Å²) in [6.07, 6.45) is 0. The van der Waals surface area contributed by atoms with Crippen LogP contribution in [0.3, 0.4) is 0 Å². The van der Waals surface area contributed by atoms with Crippen molar-refractivity contribution in [3.63, 3.8) is 0 Å². The molecule has 0 bridgehead atoms. The topological polar surface area (TPSA) is 9.23 Å². The molecule has 3 heteroatoms. The third-order valence-corrected chi connectivity index (χ3v) is 8.06. The Morgan fingerprint density at radius 2 is 1.22 bits per heavy atom. The molecule has 0 aliphatic rings. The Bertz CT molecular complexity index is 783. The van der Waals surface area contributed by atoms with E-state index in [0.717, 1.165) is 0 Å². The molecule has 0 unspecified atom stereocenters. The van der Waals surface area contributed by atoms with Crippen LogP contribution in [0.4, 0.5) is 0 Å². The van der Waals surface area contributed by atoms with Crippen LogP contribution in [0.15, 0.2) is 115 Å². The predicted molar refractivity (Wildman–Crippen MR) is 113 cm³/mol. The number of hydrogen-bond donors (Lipinski definition) is 0. The molecule has 0 saturated heterocycles. The molecule has 4 rings (SSSR count). The van der Waals surface area contributed by atoms with Crippen LogP contribution in [0.1, 0.15) is 5.56 Å². The van der Waals surface area contributed by atoms with E-state index in [1.54, 1.807) is 0 Å². The fourth-order valence-electron chi connectivity index (χ4n) is 2.90. The van der Waals surface area contributed by atoms with Crippen LogP contribution in [0.25, 0.3) is 0 Å². The standard InChI is InChI=1S/C19H19OSi.C5H5.Fe/c1-21(18-12-4-2-5-13-18,19-14-6-3-7-15-19)20-16-17-10-8-9-11-17;1-2-4-5-3-1;/h2-15H,16H2,1H3;1-5H;/q2*-1;+2. The van der Waals surface area contributed by atoms with E-state index in [-0.39, 0.29) is 17.1 Å². The van der Waals surface area contributed by atoms with Crippen molar-refractivity contribution in [2.45, 2.75) is 13.2 Å². The summed E-state index contributed by atoms with van der Waals surface area (Å²) in [7, 11) is -2.16. The summed E-state index contributed by atoms with van der Waals surface area (Å²) in [5, 5.41) is 2.62. The third-order valence-electron chi connectivity index (χ3n) is 4.46. The van der Waals surface area contributed by atoms with Crippen molar-refractivity contribution in [3.05, 3.63) is 121 Å². The fraction of sp³-hybridized carbons (Fsp3) is 0.0833. The van der Waals surface area contributed by atoms with Crippen LogP contribution in [0.2, 0.25) is 6.55 Å². The average molecular weight is 412 g/mol. The minimum atomic E-state index is -2.16. The summed E-state index contributed by atoms with van der Waals surface area (Å²) >= 11 is 0. The largest absolute Gasteiger partial charge is 2.00 e. The molecule has 1 nitrogen and oxygen atoms in total. The Hall–Kier alpha value is -2.16. The first-order valence-electron chi connectivity index (χ1n) is 8.91. The van der Waals surface area contributed by atoms with Crippen molar-refractivity contribution in [2.75, 3.05) is 0 Å². The zero-order valence-corrected chi connectivity index (χ0v) is 17.5. The van der Waals surface area contributed by atoms with Gasteiger partial charge in [0.25, 0.3) is 8.32 Å². The Kier molecular flexibility index (Phi) is 8.50. The monoisotopic (exact) mass is 412 g/mol. The zero-order valence-electron chi connectivity index (χ0n) is 15.4. The van der Waals surface area contributed by atoms with E-state index in [0.29, 0.717) is 6.61 Å². The van der Waals surface area contributed by atoms with Gasteiger partial charge in [-0.3, -0.25) is 0 Å². The molecule has 0 aliphatic heterocycles. The second-order valence-corrected chi connectivity index (χ2v) is 9.82. The van der Waals surface area contributed by atoms with Crippen LogP contribution in [-0.2, 0) is 28.1 Å². The number of hydrogen-bond acceptors (Lipinski definition) is 1. The van der Waals surface area contributed by atoms with E-state index in [1.165, 1.54) is 15.9 Å². The Morgan fingerprint density at radius 1 is 0.741 bits per heavy atom. The minimum absolute atomic E-state index is 0. The van der Waals surface area contributed by atoms with Gasteiger partial charge in [-0.15, -0.1) is 5.56 Å². The van der Waals surface area contributed by atoms with Crippen LogP contribution >= 0.6 is 0 Å². The second-order valence-electron chi connectivity index (χ2n) is 6.31. The summed E-state index contributed by atoms with van der Waals surface area (Å²) < 4.78 is 6.48. The van der Waals surface area contributed by atoms with Gasteiger partial charge >= 0.3 is 17.1 Å². The van der Waals surface area contributed by atoms with E-state index in [4.69, 9.17) is 4.43 Å². The Balaban J connectivity index is 0.000000379. The van der Waals surface area contributed by atoms with Gasteiger partial charge in [0.15, 0.2) is 0 Å². The van der Waals surface area contributed by atoms with E-state index >= 15 is 0 Å². The van der Waals surface area contributed by atoms with Gasteiger partial charge in [0, 0.05) is 6.61 Å². The van der Waals surface area contributed by atoms with Crippen LogP contribution in [0.5, 0.6) is 0 Å². The van der Waals surface area contributed by atoms with Gasteiger partial charge in [-0.2, -0.15) is 30.3 Å². The minimum Gasteiger partial charge on any atom is -0.416 e. The quantitative estimate of drug-likeness (QED) is 0.341. The molecule has 4 aromatic carbocycles. The first kappa shape index (κ1) is 21.1. The van der Waals surface area contributed by atoms with Crippen molar-refractivity contribution in [3.8, 4) is 0 Å². The smallest absolute Gasteiger partial charge is 0.416 e. The van der Waals surface area contributed by atoms with Crippen LogP contribution < -0.4 is 10.4 Å². The Labute approximate surface area is 174 Å². The summed E-state index contributed by atoms with van der Waals surface area (Å²) in [5.41, 5.74) is 1.24. The molecule has 0 N–H and O–H groups in total. The van der Waals surface area contributed by atoms with Gasteiger partial charge in [0.2, 0.25) is 0 Å². The average Bonchev–Trinajstić information content (AvgIpc) is 3.44. The van der Waals surface area contributed by atoms with Gasteiger partial charge < -0.3 is 4.43 Å². The summed E-state index contributed by atoms with van der Waals surface area (Å²) in [6, 6.07) is 39.6. The molecule has 0 amide bonds. The molecule has 138 valence electrons. The van der Waals surface area contributed by atoms with E-state index in [9.17, 15) is 0 Å². The molecule has 0 atom stereocenters. The molecule has 0 saturated carbocycles. The molecule has 27 heavy (non-hydrogen) atoms. The fourth-order valence-corrected chi connectivity index (χ4v) is 5.68. The summed E-state index contributed by atoms with van der Waals surface area (Å²) in [4.78, 5) is 0. The Morgan fingerprint density at radius 3 is 1.63 bits per heavy atom. The van der Waals surface area contributed by atoms with Crippen LogP contribution in [-0.4, -0.2) is 8.32 Å². The first-order valence-corrected chi connectivity index (χ1v) is 11.3. The predicted octanol–water partition coefficient (Wildman–Crippen LogP) is 4.71. The van der Waals surface area contributed by atoms with E-state index in [1.807, 2.05) is 30.3 Å². The van der Waals surface area contributed by atoms with Crippen molar-refractivity contribution in [2.24, 2.45) is 0 Å². The maximum absolute atomic E-state index is 6.48. The second kappa shape index (κ2) is 10.9. The zero-order chi connectivity index (χ0) is 18.1. The molecular weight excluding hydrogens is 388 g/mol. The summed E-state index contributed by atoms with van der Waals surface area (Å²) in [5.74, 6) is 0. The van der Waals surface area contributed by atoms with Crippen molar-refractivity contribution < 1.29 is 21.5 Å². The first-order chi connectivity index (χ1) is 12.8. The van der Waals surface area contributed by atoms with Gasteiger partial charge in [-0.25, -0.2) is 24.3 Å². The molecule has 0 radical (unpaired) electrons. The van der Waals surface area contributed by atoms with Gasteiger partial charge in [-0.05, 0) is 16.9 Å². The van der Waals surface area contributed by atoms with Gasteiger partial charge in [-0.1, -0.05) is 60.7 Å².